The van der Waals surface area contributed by atoms with Gasteiger partial charge in [-0.25, -0.2) is 4.79 Å². The average molecular weight is 279 g/mol. The van der Waals surface area contributed by atoms with Gasteiger partial charge in [-0.2, -0.15) is 0 Å². The number of hydrogen-bond donors (Lipinski definition) is 2. The van der Waals surface area contributed by atoms with Crippen molar-refractivity contribution < 1.29 is 19.4 Å². The highest BCUT2D eigenvalue weighted by atomic mass is 16.5. The molecule has 0 radical (unpaired) electrons. The second kappa shape index (κ2) is 6.93. The smallest absolute Gasteiger partial charge is 0.341 e. The van der Waals surface area contributed by atoms with Crippen LogP contribution in [0.3, 0.4) is 0 Å². The third kappa shape index (κ3) is 4.91. The first-order chi connectivity index (χ1) is 9.35. The lowest BCUT2D eigenvalue weighted by Gasteiger charge is -2.21. The van der Waals surface area contributed by atoms with Crippen molar-refractivity contribution in [1.29, 1.82) is 0 Å². The van der Waals surface area contributed by atoms with Crippen molar-refractivity contribution in [3.63, 3.8) is 0 Å². The highest BCUT2D eigenvalue weighted by Gasteiger charge is 2.24. The maximum Gasteiger partial charge on any atom is 0.341 e. The predicted octanol–water partition coefficient (Wildman–Crippen LogP) is 2.20. The average Bonchev–Trinajstić information content (AvgIpc) is 2.42. The number of nitrogens with one attached hydrogen (secondary N) is 1. The summed E-state index contributed by atoms with van der Waals surface area (Å²) < 4.78 is 5.09. The number of rotatable bonds is 7. The Morgan fingerprint density at radius 2 is 2.05 bits per heavy atom. The summed E-state index contributed by atoms with van der Waals surface area (Å²) >= 11 is 0. The van der Waals surface area contributed by atoms with E-state index in [1.807, 2.05) is 26.8 Å². The fourth-order valence-electron chi connectivity index (χ4n) is 1.47. The second-order valence-electron chi connectivity index (χ2n) is 5.25. The Bertz CT molecular complexity index is 483. The Labute approximate surface area is 118 Å². The van der Waals surface area contributed by atoms with Crippen LogP contribution in [0.4, 0.5) is 0 Å². The van der Waals surface area contributed by atoms with Gasteiger partial charge in [0.1, 0.15) is 5.75 Å². The molecule has 5 nitrogen and oxygen atoms in total. The second-order valence-corrected chi connectivity index (χ2v) is 5.25. The van der Waals surface area contributed by atoms with Crippen LogP contribution in [-0.4, -0.2) is 23.6 Å². The fourth-order valence-corrected chi connectivity index (χ4v) is 1.47. The molecule has 2 N–H and O–H groups in total. The summed E-state index contributed by atoms with van der Waals surface area (Å²) in [6.07, 6.45) is 0.764. The summed E-state index contributed by atoms with van der Waals surface area (Å²) in [4.78, 5) is 22.4. The number of carbonyl (C=O) groups excluding carboxylic acids is 1. The summed E-state index contributed by atoms with van der Waals surface area (Å²) in [6, 6.07) is 7.03. The van der Waals surface area contributed by atoms with Crippen molar-refractivity contribution in [2.45, 2.75) is 33.7 Å². The lowest BCUT2D eigenvalue weighted by atomic mass is 9.89. The van der Waals surface area contributed by atoms with E-state index in [2.05, 4.69) is 5.32 Å². The van der Waals surface area contributed by atoms with E-state index in [4.69, 9.17) is 9.84 Å². The lowest BCUT2D eigenvalue weighted by molar-refractivity contribution is -0.139. The molecule has 1 rings (SSSR count). The maximum atomic E-state index is 11.9. The molecule has 0 aliphatic rings. The monoisotopic (exact) mass is 279 g/mol. The van der Waals surface area contributed by atoms with E-state index in [0.717, 1.165) is 12.0 Å². The molecule has 0 heterocycles. The molecular formula is C15H21NO4. The molecule has 5 heteroatoms. The lowest BCUT2D eigenvalue weighted by Crippen LogP contribution is -2.35. The van der Waals surface area contributed by atoms with Gasteiger partial charge in [0, 0.05) is 12.0 Å². The molecular weight excluding hydrogens is 258 g/mol. The van der Waals surface area contributed by atoms with Gasteiger partial charge in [-0.3, -0.25) is 4.79 Å². The van der Waals surface area contributed by atoms with Crippen LogP contribution in [-0.2, 0) is 16.1 Å². The minimum Gasteiger partial charge on any atom is -0.482 e. The highest BCUT2D eigenvalue weighted by molar-refractivity contribution is 5.81. The van der Waals surface area contributed by atoms with Gasteiger partial charge < -0.3 is 15.2 Å². The quantitative estimate of drug-likeness (QED) is 0.802. The number of carboxylic acid groups (broad SMARTS) is 1. The van der Waals surface area contributed by atoms with E-state index in [-0.39, 0.29) is 12.5 Å². The van der Waals surface area contributed by atoms with Gasteiger partial charge in [-0.15, -0.1) is 0 Å². The number of ether oxygens (including phenoxy) is 1. The van der Waals surface area contributed by atoms with Crippen LogP contribution >= 0.6 is 0 Å². The van der Waals surface area contributed by atoms with Crippen molar-refractivity contribution in [2.24, 2.45) is 5.41 Å². The maximum absolute atomic E-state index is 11.9. The van der Waals surface area contributed by atoms with Crippen molar-refractivity contribution >= 4 is 11.9 Å². The molecule has 0 saturated heterocycles. The van der Waals surface area contributed by atoms with Gasteiger partial charge in [0.25, 0.3) is 0 Å². The standard InChI is InChI=1S/C15H21NO4/c1-4-15(2,3)14(19)16-9-11-6-5-7-12(8-11)20-10-13(17)18/h5-8H,4,9-10H2,1-3H3,(H,16,19)(H,17,18). The van der Waals surface area contributed by atoms with Crippen LogP contribution < -0.4 is 10.1 Å². The zero-order chi connectivity index (χ0) is 15.2. The van der Waals surface area contributed by atoms with Crippen LogP contribution in [0.5, 0.6) is 5.75 Å². The molecule has 0 aliphatic heterocycles. The predicted molar refractivity (Wildman–Crippen MR) is 75.5 cm³/mol. The first-order valence-corrected chi connectivity index (χ1v) is 6.57. The van der Waals surface area contributed by atoms with E-state index in [0.29, 0.717) is 12.3 Å². The van der Waals surface area contributed by atoms with Crippen molar-refractivity contribution in [2.75, 3.05) is 6.61 Å². The summed E-state index contributed by atoms with van der Waals surface area (Å²) in [6.45, 7) is 5.79. The number of hydrogen-bond acceptors (Lipinski definition) is 3. The van der Waals surface area contributed by atoms with Crippen LogP contribution in [0.2, 0.25) is 0 Å². The van der Waals surface area contributed by atoms with Crippen LogP contribution in [0.15, 0.2) is 24.3 Å². The largest absolute Gasteiger partial charge is 0.482 e. The minimum atomic E-state index is -1.02. The Kier molecular flexibility index (Phi) is 5.55. The van der Waals surface area contributed by atoms with Gasteiger partial charge in [0.05, 0.1) is 0 Å². The van der Waals surface area contributed by atoms with Crippen LogP contribution in [0.25, 0.3) is 0 Å². The molecule has 0 atom stereocenters. The molecule has 20 heavy (non-hydrogen) atoms. The molecule has 0 aromatic heterocycles. The highest BCUT2D eigenvalue weighted by Crippen LogP contribution is 2.20. The van der Waals surface area contributed by atoms with Crippen molar-refractivity contribution in [1.82, 2.24) is 5.32 Å². The Morgan fingerprint density at radius 3 is 2.65 bits per heavy atom. The van der Waals surface area contributed by atoms with Gasteiger partial charge in [0.15, 0.2) is 6.61 Å². The SMILES string of the molecule is CCC(C)(C)C(=O)NCc1cccc(OCC(=O)O)c1. The number of carbonyl (C=O) groups is 2. The Morgan fingerprint density at radius 1 is 1.35 bits per heavy atom. The molecule has 0 bridgehead atoms. The molecule has 1 aromatic carbocycles. The third-order valence-electron chi connectivity index (χ3n) is 3.21. The Hall–Kier alpha value is -2.04. The van der Waals surface area contributed by atoms with Crippen molar-refractivity contribution in [3.8, 4) is 5.75 Å². The zero-order valence-electron chi connectivity index (χ0n) is 12.1. The summed E-state index contributed by atoms with van der Waals surface area (Å²) in [5.41, 5.74) is 0.477. The molecule has 0 spiro atoms. The molecule has 110 valence electrons. The normalized spacial score (nSPS) is 10.9. The van der Waals surface area contributed by atoms with Crippen molar-refractivity contribution in [3.05, 3.63) is 29.8 Å². The van der Waals surface area contributed by atoms with E-state index in [1.54, 1.807) is 18.2 Å². The molecule has 0 aliphatic carbocycles. The molecule has 0 unspecified atom stereocenters. The molecule has 1 aromatic rings. The first kappa shape index (κ1) is 16.0. The summed E-state index contributed by atoms with van der Waals surface area (Å²) in [5, 5.41) is 11.4. The van der Waals surface area contributed by atoms with Gasteiger partial charge >= 0.3 is 5.97 Å². The third-order valence-corrected chi connectivity index (χ3v) is 3.21. The van der Waals surface area contributed by atoms with Crippen LogP contribution in [0.1, 0.15) is 32.8 Å². The number of amides is 1. The van der Waals surface area contributed by atoms with Crippen LogP contribution in [0, 0.1) is 5.41 Å². The van der Waals surface area contributed by atoms with Gasteiger partial charge in [-0.1, -0.05) is 32.9 Å². The number of carboxylic acids is 1. The number of benzene rings is 1. The summed E-state index contributed by atoms with van der Waals surface area (Å²) in [7, 11) is 0. The van der Waals surface area contributed by atoms with Gasteiger partial charge in [-0.05, 0) is 24.1 Å². The van der Waals surface area contributed by atoms with E-state index in [1.165, 1.54) is 0 Å². The number of aliphatic carboxylic acids is 1. The molecule has 0 fully saturated rings. The summed E-state index contributed by atoms with van der Waals surface area (Å²) in [5.74, 6) is -0.542. The minimum absolute atomic E-state index is 0.00291. The molecule has 0 saturated carbocycles. The van der Waals surface area contributed by atoms with E-state index >= 15 is 0 Å². The zero-order valence-corrected chi connectivity index (χ0v) is 12.1. The molecule has 1 amide bonds. The van der Waals surface area contributed by atoms with E-state index in [9.17, 15) is 9.59 Å². The Balaban J connectivity index is 2.58. The van der Waals surface area contributed by atoms with Gasteiger partial charge in [0.2, 0.25) is 5.91 Å². The topological polar surface area (TPSA) is 75.6 Å². The first-order valence-electron chi connectivity index (χ1n) is 6.57. The fraction of sp³-hybridized carbons (Fsp3) is 0.467. The van der Waals surface area contributed by atoms with E-state index < -0.39 is 11.4 Å².